The molecule has 4 bridgehead atoms. The molecule has 22 heavy (non-hydrogen) atoms. The quantitative estimate of drug-likeness (QED) is 0.659. The fourth-order valence-electron chi connectivity index (χ4n) is 6.04. The van der Waals surface area contributed by atoms with Crippen LogP contribution in [0.25, 0.3) is 0 Å². The SMILES string of the molecule is CC1=C[CH2][Ge][C](O[Si](C)(C)C)(C23CC4CC(CC(C4)C2)C3)O1. The van der Waals surface area contributed by atoms with Crippen LogP contribution in [-0.4, -0.2) is 28.4 Å². The molecular formula is C18H30GeO2Si. The van der Waals surface area contributed by atoms with Gasteiger partial charge in [-0.25, -0.2) is 0 Å². The average molecular weight is 379 g/mol. The third-order valence-corrected chi connectivity index (χ3v) is 10.9. The second-order valence-electron chi connectivity index (χ2n) is 9.33. The summed E-state index contributed by atoms with van der Waals surface area (Å²) in [4.78, 5) is 0. The van der Waals surface area contributed by atoms with Gasteiger partial charge >= 0.3 is 143 Å². The maximum atomic E-state index is 6.95. The summed E-state index contributed by atoms with van der Waals surface area (Å²) in [6, 6.07) is 0. The molecule has 4 heteroatoms. The van der Waals surface area contributed by atoms with Gasteiger partial charge in [0.25, 0.3) is 0 Å². The molecule has 1 unspecified atom stereocenters. The number of hydrogen-bond donors (Lipinski definition) is 0. The number of allylic oxidation sites excluding steroid dienone is 2. The van der Waals surface area contributed by atoms with Gasteiger partial charge in [0.2, 0.25) is 0 Å². The number of rotatable bonds is 3. The van der Waals surface area contributed by atoms with E-state index in [9.17, 15) is 0 Å². The summed E-state index contributed by atoms with van der Waals surface area (Å²) in [6.07, 6.45) is 11.0. The Kier molecular flexibility index (Phi) is 3.67. The summed E-state index contributed by atoms with van der Waals surface area (Å²) in [7, 11) is -1.62. The van der Waals surface area contributed by atoms with E-state index in [1.807, 2.05) is 0 Å². The number of ether oxygens (including phenoxy) is 1. The molecule has 1 aliphatic heterocycles. The molecule has 4 saturated carbocycles. The van der Waals surface area contributed by atoms with Gasteiger partial charge in [-0.05, 0) is 0 Å². The average Bonchev–Trinajstić information content (AvgIpc) is 2.34. The van der Waals surface area contributed by atoms with Crippen LogP contribution < -0.4 is 0 Å². The molecule has 5 rings (SSSR count). The fourth-order valence-corrected chi connectivity index (χ4v) is 12.9. The van der Waals surface area contributed by atoms with Gasteiger partial charge in [-0.2, -0.15) is 0 Å². The summed E-state index contributed by atoms with van der Waals surface area (Å²) in [6.45, 7) is 9.18. The molecule has 0 N–H and O–H groups in total. The Morgan fingerprint density at radius 2 is 1.64 bits per heavy atom. The molecule has 2 radical (unpaired) electrons. The molecule has 122 valence electrons. The van der Waals surface area contributed by atoms with E-state index in [2.05, 4.69) is 32.6 Å². The first-order valence-corrected chi connectivity index (χ1v) is 15.0. The van der Waals surface area contributed by atoms with Crippen LogP contribution in [0.15, 0.2) is 11.8 Å². The van der Waals surface area contributed by atoms with Crippen LogP contribution in [0.1, 0.15) is 45.4 Å². The minimum absolute atomic E-state index is 0.188. The van der Waals surface area contributed by atoms with Crippen molar-refractivity contribution < 1.29 is 9.16 Å². The molecule has 4 aliphatic carbocycles. The molecule has 0 aromatic heterocycles. The first-order valence-electron chi connectivity index (χ1n) is 9.10. The van der Waals surface area contributed by atoms with Crippen molar-refractivity contribution in [3.63, 3.8) is 0 Å². The van der Waals surface area contributed by atoms with Gasteiger partial charge in [-0.3, -0.25) is 0 Å². The summed E-state index contributed by atoms with van der Waals surface area (Å²) in [5.74, 6) is 4.03. The number of hydrogen-bond acceptors (Lipinski definition) is 2. The molecule has 0 spiro atoms. The molecule has 0 aromatic carbocycles. The van der Waals surface area contributed by atoms with Gasteiger partial charge in [0.1, 0.15) is 0 Å². The second kappa shape index (κ2) is 5.13. The predicted octanol–water partition coefficient (Wildman–Crippen LogP) is 4.76. The van der Waals surface area contributed by atoms with Crippen LogP contribution >= 0.6 is 0 Å². The molecule has 5 aliphatic rings. The van der Waals surface area contributed by atoms with Crippen molar-refractivity contribution in [2.24, 2.45) is 23.2 Å². The van der Waals surface area contributed by atoms with Crippen molar-refractivity contribution in [1.29, 1.82) is 0 Å². The van der Waals surface area contributed by atoms with Gasteiger partial charge in [0.15, 0.2) is 0 Å². The third kappa shape index (κ3) is 2.55. The Hall–Kier alpha value is 0.260. The van der Waals surface area contributed by atoms with Gasteiger partial charge in [0, 0.05) is 0 Å². The van der Waals surface area contributed by atoms with E-state index in [0.717, 1.165) is 23.5 Å². The van der Waals surface area contributed by atoms with Crippen LogP contribution in [0.4, 0.5) is 0 Å². The van der Waals surface area contributed by atoms with E-state index in [0.29, 0.717) is 5.41 Å². The molecule has 0 aromatic rings. The van der Waals surface area contributed by atoms with Crippen LogP contribution in [0, 0.1) is 23.2 Å². The zero-order valence-electron chi connectivity index (χ0n) is 14.6. The van der Waals surface area contributed by atoms with Gasteiger partial charge in [-0.15, -0.1) is 0 Å². The van der Waals surface area contributed by atoms with Gasteiger partial charge in [0.05, 0.1) is 0 Å². The van der Waals surface area contributed by atoms with Crippen molar-refractivity contribution in [3.8, 4) is 0 Å². The van der Waals surface area contributed by atoms with E-state index in [4.69, 9.17) is 9.16 Å². The predicted molar refractivity (Wildman–Crippen MR) is 93.2 cm³/mol. The van der Waals surface area contributed by atoms with Crippen molar-refractivity contribution in [1.82, 2.24) is 0 Å². The van der Waals surface area contributed by atoms with E-state index in [1.54, 1.807) is 0 Å². The molecule has 1 atom stereocenters. The first-order chi connectivity index (χ1) is 10.3. The topological polar surface area (TPSA) is 18.5 Å². The zero-order chi connectivity index (χ0) is 15.6. The first kappa shape index (κ1) is 15.8. The molecule has 1 heterocycles. The summed E-state index contributed by atoms with van der Waals surface area (Å²) < 4.78 is 13.4. The minimum atomic E-state index is -1.62. The Morgan fingerprint density at radius 3 is 2.09 bits per heavy atom. The Bertz CT molecular complexity index is 461. The summed E-state index contributed by atoms with van der Waals surface area (Å²) in [5.41, 5.74) is 0.359. The fraction of sp³-hybridized carbons (Fsp3) is 0.889. The second-order valence-corrected chi connectivity index (χ2v) is 16.7. The van der Waals surface area contributed by atoms with Crippen LogP contribution in [-0.2, 0) is 9.16 Å². The van der Waals surface area contributed by atoms with E-state index < -0.39 is 8.32 Å². The maximum absolute atomic E-state index is 6.95. The van der Waals surface area contributed by atoms with Gasteiger partial charge in [-0.1, -0.05) is 0 Å². The van der Waals surface area contributed by atoms with E-state index >= 15 is 0 Å². The zero-order valence-corrected chi connectivity index (χ0v) is 17.7. The van der Waals surface area contributed by atoms with Crippen LogP contribution in [0.2, 0.25) is 24.9 Å². The van der Waals surface area contributed by atoms with Gasteiger partial charge < -0.3 is 0 Å². The monoisotopic (exact) mass is 380 g/mol. The van der Waals surface area contributed by atoms with E-state index in [1.165, 1.54) is 43.8 Å². The summed E-state index contributed by atoms with van der Waals surface area (Å²) >= 11 is -0.240. The third-order valence-electron chi connectivity index (χ3n) is 6.22. The standard InChI is InChI=1S/C18H30GeO2Si/c1-13-5-6-19-18(20-13,21-22(2,3)4)17-10-14-7-15(11-17)9-16(8-14)12-17/h5,14-16H,6-12H2,1-4H3. The van der Waals surface area contributed by atoms with Crippen molar-refractivity contribution in [2.75, 3.05) is 0 Å². The molecule has 4 fully saturated rings. The normalized spacial score (nSPS) is 47.3. The summed E-state index contributed by atoms with van der Waals surface area (Å²) in [5, 5.41) is 1.25. The van der Waals surface area contributed by atoms with Crippen molar-refractivity contribution in [3.05, 3.63) is 11.8 Å². The molecule has 0 amide bonds. The van der Waals surface area contributed by atoms with Crippen LogP contribution in [0.3, 0.4) is 0 Å². The van der Waals surface area contributed by atoms with E-state index in [-0.39, 0.29) is 20.1 Å². The Morgan fingerprint density at radius 1 is 1.09 bits per heavy atom. The van der Waals surface area contributed by atoms with Crippen molar-refractivity contribution >= 4 is 23.7 Å². The Balaban J connectivity index is 1.73. The van der Waals surface area contributed by atoms with Crippen molar-refractivity contribution in [2.45, 2.75) is 75.0 Å². The molecule has 2 nitrogen and oxygen atoms in total. The molecular weight excluding hydrogens is 349 g/mol. The van der Waals surface area contributed by atoms with Crippen LogP contribution in [0.5, 0.6) is 0 Å². The molecule has 0 saturated heterocycles. The Labute approximate surface area is 143 Å².